The van der Waals surface area contributed by atoms with Crippen LogP contribution in [0.2, 0.25) is 0 Å². The zero-order valence-corrected chi connectivity index (χ0v) is 15.5. The summed E-state index contributed by atoms with van der Waals surface area (Å²) in [6, 6.07) is 11.4. The number of carbonyl (C=O) groups is 1. The highest BCUT2D eigenvalue weighted by atomic mass is 16.5. The first kappa shape index (κ1) is 17.4. The van der Waals surface area contributed by atoms with Crippen molar-refractivity contribution < 1.29 is 18.4 Å². The lowest BCUT2D eigenvalue weighted by atomic mass is 10.1. The number of benzene rings is 1. The van der Waals surface area contributed by atoms with E-state index in [1.54, 1.807) is 13.4 Å². The number of rotatable bonds is 5. The molecule has 140 valence electrons. The van der Waals surface area contributed by atoms with E-state index in [2.05, 4.69) is 4.98 Å². The van der Waals surface area contributed by atoms with Gasteiger partial charge in [0.2, 0.25) is 11.8 Å². The van der Waals surface area contributed by atoms with Gasteiger partial charge in [-0.1, -0.05) is 0 Å². The van der Waals surface area contributed by atoms with Crippen molar-refractivity contribution in [3.05, 3.63) is 59.9 Å². The molecular formula is C21H22N2O4. The zero-order chi connectivity index (χ0) is 18.8. The Morgan fingerprint density at radius 1 is 1.30 bits per heavy atom. The first-order valence-corrected chi connectivity index (χ1v) is 9.06. The average Bonchev–Trinajstić information content (AvgIpc) is 3.43. The molecule has 6 nitrogen and oxygen atoms in total. The van der Waals surface area contributed by atoms with E-state index in [9.17, 15) is 4.79 Å². The molecule has 1 unspecified atom stereocenters. The van der Waals surface area contributed by atoms with Gasteiger partial charge in [-0.05, 0) is 49.7 Å². The molecule has 0 aliphatic carbocycles. The van der Waals surface area contributed by atoms with Gasteiger partial charge in [0.1, 0.15) is 17.3 Å². The molecular weight excluding hydrogens is 344 g/mol. The van der Waals surface area contributed by atoms with Crippen LogP contribution in [0.4, 0.5) is 0 Å². The SMILES string of the molecule is COc1ccc(-c2nc(CC(=O)N3CCC(c4ccco4)C3)c(C)o2)cc1. The summed E-state index contributed by atoms with van der Waals surface area (Å²) in [5.41, 5.74) is 1.55. The number of aromatic nitrogens is 1. The van der Waals surface area contributed by atoms with Crippen molar-refractivity contribution >= 4 is 5.91 Å². The molecule has 0 N–H and O–H groups in total. The molecule has 27 heavy (non-hydrogen) atoms. The first-order valence-electron chi connectivity index (χ1n) is 9.06. The molecule has 1 aliphatic heterocycles. The van der Waals surface area contributed by atoms with Crippen molar-refractivity contribution in [2.45, 2.75) is 25.7 Å². The number of methoxy groups -OCH3 is 1. The summed E-state index contributed by atoms with van der Waals surface area (Å²) in [5.74, 6) is 3.27. The minimum atomic E-state index is 0.0711. The average molecular weight is 366 g/mol. The van der Waals surface area contributed by atoms with Crippen LogP contribution in [-0.4, -0.2) is 36.0 Å². The van der Waals surface area contributed by atoms with E-state index in [-0.39, 0.29) is 18.2 Å². The lowest BCUT2D eigenvalue weighted by molar-refractivity contribution is -0.129. The van der Waals surface area contributed by atoms with Crippen LogP contribution >= 0.6 is 0 Å². The molecule has 4 rings (SSSR count). The largest absolute Gasteiger partial charge is 0.497 e. The van der Waals surface area contributed by atoms with E-state index in [4.69, 9.17) is 13.6 Å². The summed E-state index contributed by atoms with van der Waals surface area (Å²) in [6.45, 7) is 3.28. The van der Waals surface area contributed by atoms with Gasteiger partial charge in [-0.2, -0.15) is 0 Å². The number of hydrogen-bond donors (Lipinski definition) is 0. The molecule has 0 radical (unpaired) electrons. The molecule has 1 saturated heterocycles. The molecule has 0 bridgehead atoms. The summed E-state index contributed by atoms with van der Waals surface area (Å²) < 4.78 is 16.4. The molecule has 1 atom stereocenters. The molecule has 2 aromatic heterocycles. The Hall–Kier alpha value is -3.02. The third-order valence-electron chi connectivity index (χ3n) is 5.03. The Bertz CT molecular complexity index is 912. The Morgan fingerprint density at radius 2 is 2.11 bits per heavy atom. The maximum atomic E-state index is 12.7. The smallest absolute Gasteiger partial charge is 0.228 e. The highest BCUT2D eigenvalue weighted by Crippen LogP contribution is 2.29. The van der Waals surface area contributed by atoms with Crippen molar-refractivity contribution in [3.63, 3.8) is 0 Å². The molecule has 1 fully saturated rings. The quantitative estimate of drug-likeness (QED) is 0.687. The molecule has 1 amide bonds. The lowest BCUT2D eigenvalue weighted by Crippen LogP contribution is -2.30. The van der Waals surface area contributed by atoms with E-state index < -0.39 is 0 Å². The zero-order valence-electron chi connectivity index (χ0n) is 15.5. The lowest BCUT2D eigenvalue weighted by Gasteiger charge is -2.15. The van der Waals surface area contributed by atoms with Gasteiger partial charge in [0.25, 0.3) is 0 Å². The van der Waals surface area contributed by atoms with Crippen LogP contribution in [0.25, 0.3) is 11.5 Å². The fraction of sp³-hybridized carbons (Fsp3) is 0.333. The minimum absolute atomic E-state index is 0.0711. The van der Waals surface area contributed by atoms with Crippen LogP contribution in [-0.2, 0) is 11.2 Å². The number of hydrogen-bond acceptors (Lipinski definition) is 5. The first-order chi connectivity index (χ1) is 13.1. The van der Waals surface area contributed by atoms with Gasteiger partial charge < -0.3 is 18.5 Å². The van der Waals surface area contributed by atoms with Crippen LogP contribution in [0.1, 0.15) is 29.6 Å². The Kier molecular flexibility index (Phi) is 4.71. The number of amides is 1. The van der Waals surface area contributed by atoms with Crippen LogP contribution in [0.15, 0.2) is 51.5 Å². The summed E-state index contributed by atoms with van der Waals surface area (Å²) in [6.07, 6.45) is 2.85. The molecule has 3 heterocycles. The van der Waals surface area contributed by atoms with E-state index >= 15 is 0 Å². The topological polar surface area (TPSA) is 68.7 Å². The van der Waals surface area contributed by atoms with Gasteiger partial charge in [0, 0.05) is 24.6 Å². The number of likely N-dealkylation sites (tertiary alicyclic amines) is 1. The van der Waals surface area contributed by atoms with E-state index in [0.29, 0.717) is 23.9 Å². The highest BCUT2D eigenvalue weighted by molar-refractivity contribution is 5.79. The standard InChI is InChI=1S/C21H22N2O4/c1-14-18(22-21(27-14)15-5-7-17(25-2)8-6-15)12-20(24)23-10-9-16(13-23)19-4-3-11-26-19/h3-8,11,16H,9-10,12-13H2,1-2H3. The van der Waals surface area contributed by atoms with Crippen LogP contribution in [0, 0.1) is 6.92 Å². The van der Waals surface area contributed by atoms with Crippen molar-refractivity contribution in [1.29, 1.82) is 0 Å². The van der Waals surface area contributed by atoms with Gasteiger partial charge in [-0.25, -0.2) is 4.98 Å². The number of carbonyl (C=O) groups excluding carboxylic acids is 1. The highest BCUT2D eigenvalue weighted by Gasteiger charge is 2.29. The number of furan rings is 1. The predicted molar refractivity (Wildman–Crippen MR) is 99.6 cm³/mol. The van der Waals surface area contributed by atoms with E-state index in [0.717, 1.165) is 30.0 Å². The number of aryl methyl sites for hydroxylation is 1. The Morgan fingerprint density at radius 3 is 2.81 bits per heavy atom. The molecule has 1 aromatic carbocycles. The number of oxazole rings is 1. The third-order valence-corrected chi connectivity index (χ3v) is 5.03. The van der Waals surface area contributed by atoms with Crippen LogP contribution < -0.4 is 4.74 Å². The van der Waals surface area contributed by atoms with E-state index in [1.807, 2.05) is 48.2 Å². The van der Waals surface area contributed by atoms with Gasteiger partial charge in [0.05, 0.1) is 25.5 Å². The third kappa shape index (κ3) is 3.60. The van der Waals surface area contributed by atoms with Gasteiger partial charge in [-0.3, -0.25) is 4.79 Å². The molecule has 1 aliphatic rings. The molecule has 0 spiro atoms. The van der Waals surface area contributed by atoms with Crippen LogP contribution in [0.3, 0.4) is 0 Å². The molecule has 0 saturated carbocycles. The number of nitrogens with zero attached hydrogens (tertiary/aromatic N) is 2. The summed E-state index contributed by atoms with van der Waals surface area (Å²) in [4.78, 5) is 19.1. The van der Waals surface area contributed by atoms with Crippen molar-refractivity contribution in [1.82, 2.24) is 9.88 Å². The van der Waals surface area contributed by atoms with Gasteiger partial charge in [-0.15, -0.1) is 0 Å². The monoisotopic (exact) mass is 366 g/mol. The second-order valence-electron chi connectivity index (χ2n) is 6.77. The maximum absolute atomic E-state index is 12.7. The van der Waals surface area contributed by atoms with Crippen molar-refractivity contribution in [2.24, 2.45) is 0 Å². The Labute approximate surface area is 157 Å². The van der Waals surface area contributed by atoms with E-state index in [1.165, 1.54) is 0 Å². The Balaban J connectivity index is 1.43. The van der Waals surface area contributed by atoms with Crippen molar-refractivity contribution in [2.75, 3.05) is 20.2 Å². The predicted octanol–water partition coefficient (Wildman–Crippen LogP) is 3.81. The second kappa shape index (κ2) is 7.31. The fourth-order valence-corrected chi connectivity index (χ4v) is 3.45. The van der Waals surface area contributed by atoms with Gasteiger partial charge >= 0.3 is 0 Å². The van der Waals surface area contributed by atoms with Crippen molar-refractivity contribution in [3.8, 4) is 17.2 Å². The summed E-state index contributed by atoms with van der Waals surface area (Å²) in [7, 11) is 1.63. The molecule has 6 heteroatoms. The number of ether oxygens (including phenoxy) is 1. The van der Waals surface area contributed by atoms with Crippen LogP contribution in [0.5, 0.6) is 5.75 Å². The normalized spacial score (nSPS) is 16.7. The molecule has 3 aromatic rings. The fourth-order valence-electron chi connectivity index (χ4n) is 3.45. The summed E-state index contributed by atoms with van der Waals surface area (Å²) in [5, 5.41) is 0. The summed E-state index contributed by atoms with van der Waals surface area (Å²) >= 11 is 0. The minimum Gasteiger partial charge on any atom is -0.497 e. The second-order valence-corrected chi connectivity index (χ2v) is 6.77. The van der Waals surface area contributed by atoms with Gasteiger partial charge in [0.15, 0.2) is 0 Å². The maximum Gasteiger partial charge on any atom is 0.228 e.